The fraction of sp³-hybridized carbons (Fsp3) is 0.562. The molecule has 0 fully saturated rings. The monoisotopic (exact) mass is 278 g/mol. The van der Waals surface area contributed by atoms with E-state index in [-0.39, 0.29) is 5.78 Å². The minimum atomic E-state index is 0.128. The van der Waals surface area contributed by atoms with E-state index < -0.39 is 0 Å². The molecule has 0 aliphatic rings. The zero-order valence-corrected chi connectivity index (χ0v) is 12.8. The van der Waals surface area contributed by atoms with Crippen molar-refractivity contribution in [3.8, 4) is 5.75 Å². The smallest absolute Gasteiger partial charge is 0.164 e. The lowest BCUT2D eigenvalue weighted by atomic mass is 10.1. The summed E-state index contributed by atoms with van der Waals surface area (Å²) in [5, 5.41) is 0. The van der Waals surface area contributed by atoms with Crippen molar-refractivity contribution in [3.05, 3.63) is 23.8 Å². The third-order valence-electron chi connectivity index (χ3n) is 3.25. The number of nitrogens with zero attached hydrogens (tertiary/aromatic N) is 1. The predicted octanol–water partition coefficient (Wildman–Crippen LogP) is 2.97. The molecule has 4 nitrogen and oxygen atoms in total. The lowest BCUT2D eigenvalue weighted by Crippen LogP contribution is -2.23. The number of anilines is 1. The van der Waals surface area contributed by atoms with Gasteiger partial charge in [0.1, 0.15) is 5.75 Å². The molecule has 1 aromatic rings. The highest BCUT2D eigenvalue weighted by molar-refractivity contribution is 5.97. The van der Waals surface area contributed by atoms with Crippen LogP contribution in [0.3, 0.4) is 0 Å². The van der Waals surface area contributed by atoms with E-state index in [0.717, 1.165) is 13.1 Å². The van der Waals surface area contributed by atoms with Crippen LogP contribution < -0.4 is 10.5 Å². The van der Waals surface area contributed by atoms with Crippen LogP contribution in [-0.4, -0.2) is 37.4 Å². The van der Waals surface area contributed by atoms with Gasteiger partial charge in [-0.1, -0.05) is 13.3 Å². The van der Waals surface area contributed by atoms with Crippen LogP contribution in [0.25, 0.3) is 0 Å². The van der Waals surface area contributed by atoms with Gasteiger partial charge in [-0.05, 0) is 45.1 Å². The van der Waals surface area contributed by atoms with E-state index in [9.17, 15) is 4.79 Å². The number of Topliss-reactive ketones (excluding diaryl/α,β-unsaturated/α-hetero) is 1. The largest absolute Gasteiger partial charge is 0.492 e. The summed E-state index contributed by atoms with van der Waals surface area (Å²) in [5.41, 5.74) is 7.07. The first kappa shape index (κ1) is 16.5. The normalized spacial score (nSPS) is 10.8. The number of unbranched alkanes of at least 4 members (excludes halogenated alkanes) is 1. The van der Waals surface area contributed by atoms with E-state index in [2.05, 4.69) is 18.9 Å². The number of hydrogen-bond acceptors (Lipinski definition) is 4. The molecule has 2 N–H and O–H groups in total. The lowest BCUT2D eigenvalue weighted by Gasteiger charge is -2.15. The van der Waals surface area contributed by atoms with Gasteiger partial charge in [-0.3, -0.25) is 4.79 Å². The molecule has 0 radical (unpaired) electrons. The third kappa shape index (κ3) is 5.21. The number of benzene rings is 1. The minimum absolute atomic E-state index is 0.128. The van der Waals surface area contributed by atoms with Gasteiger partial charge in [0, 0.05) is 18.5 Å². The van der Waals surface area contributed by atoms with Crippen molar-refractivity contribution in [2.45, 2.75) is 33.1 Å². The molecule has 0 spiro atoms. The van der Waals surface area contributed by atoms with E-state index >= 15 is 0 Å². The number of carbonyl (C=O) groups excluding carboxylic acids is 1. The Morgan fingerprint density at radius 2 is 2.05 bits per heavy atom. The minimum Gasteiger partial charge on any atom is -0.492 e. The average Bonchev–Trinajstić information content (AvgIpc) is 2.44. The molecular weight excluding hydrogens is 252 g/mol. The SMILES string of the molecule is CCCCN(C)CCC(=O)c1ccc(OCC)c(N)c1. The average molecular weight is 278 g/mol. The molecule has 0 aromatic heterocycles. The summed E-state index contributed by atoms with van der Waals surface area (Å²) in [6.45, 7) is 6.47. The summed E-state index contributed by atoms with van der Waals surface area (Å²) in [5.74, 6) is 0.771. The van der Waals surface area contributed by atoms with Crippen LogP contribution in [0, 0.1) is 0 Å². The van der Waals surface area contributed by atoms with Gasteiger partial charge >= 0.3 is 0 Å². The fourth-order valence-corrected chi connectivity index (χ4v) is 1.99. The van der Waals surface area contributed by atoms with E-state index in [1.165, 1.54) is 12.8 Å². The van der Waals surface area contributed by atoms with Gasteiger partial charge in [0.15, 0.2) is 5.78 Å². The molecule has 0 unspecified atom stereocenters. The molecule has 0 heterocycles. The Labute approximate surface area is 121 Å². The van der Waals surface area contributed by atoms with Crippen molar-refractivity contribution in [2.24, 2.45) is 0 Å². The van der Waals surface area contributed by atoms with Gasteiger partial charge in [-0.15, -0.1) is 0 Å². The van der Waals surface area contributed by atoms with E-state index in [1.54, 1.807) is 18.2 Å². The van der Waals surface area contributed by atoms with Crippen LogP contribution in [-0.2, 0) is 0 Å². The molecule has 0 saturated carbocycles. The van der Waals surface area contributed by atoms with Crippen LogP contribution in [0.15, 0.2) is 18.2 Å². The molecule has 0 aliphatic heterocycles. The van der Waals surface area contributed by atoms with Gasteiger partial charge < -0.3 is 15.4 Å². The Bertz CT molecular complexity index is 432. The van der Waals surface area contributed by atoms with Gasteiger partial charge in [-0.2, -0.15) is 0 Å². The number of carbonyl (C=O) groups is 1. The Balaban J connectivity index is 2.53. The highest BCUT2D eigenvalue weighted by Gasteiger charge is 2.10. The molecule has 0 atom stereocenters. The van der Waals surface area contributed by atoms with Crippen LogP contribution >= 0.6 is 0 Å². The standard InChI is InChI=1S/C16H26N2O2/c1-4-6-10-18(3)11-9-15(19)13-7-8-16(20-5-2)14(17)12-13/h7-8,12H,4-6,9-11,17H2,1-3H3. The second-order valence-corrected chi connectivity index (χ2v) is 5.02. The number of ketones is 1. The van der Waals surface area contributed by atoms with E-state index in [4.69, 9.17) is 10.5 Å². The van der Waals surface area contributed by atoms with Crippen molar-refractivity contribution in [2.75, 3.05) is 32.5 Å². The first-order valence-electron chi connectivity index (χ1n) is 7.32. The molecule has 112 valence electrons. The topological polar surface area (TPSA) is 55.6 Å². The molecule has 0 saturated heterocycles. The maximum absolute atomic E-state index is 12.1. The van der Waals surface area contributed by atoms with Crippen molar-refractivity contribution in [1.29, 1.82) is 0 Å². The van der Waals surface area contributed by atoms with Gasteiger partial charge in [0.2, 0.25) is 0 Å². The Morgan fingerprint density at radius 3 is 2.65 bits per heavy atom. The number of hydrogen-bond donors (Lipinski definition) is 1. The molecular formula is C16H26N2O2. The van der Waals surface area contributed by atoms with Crippen LogP contribution in [0.1, 0.15) is 43.5 Å². The van der Waals surface area contributed by atoms with Gasteiger partial charge in [0.25, 0.3) is 0 Å². The summed E-state index contributed by atoms with van der Waals surface area (Å²) >= 11 is 0. The van der Waals surface area contributed by atoms with Crippen molar-refractivity contribution >= 4 is 11.5 Å². The van der Waals surface area contributed by atoms with Crippen molar-refractivity contribution < 1.29 is 9.53 Å². The summed E-state index contributed by atoms with van der Waals surface area (Å²) in [6.07, 6.45) is 2.86. The Morgan fingerprint density at radius 1 is 1.30 bits per heavy atom. The number of nitrogen functional groups attached to an aromatic ring is 1. The highest BCUT2D eigenvalue weighted by Crippen LogP contribution is 2.23. The summed E-state index contributed by atoms with van der Waals surface area (Å²) in [4.78, 5) is 14.3. The maximum atomic E-state index is 12.1. The highest BCUT2D eigenvalue weighted by atomic mass is 16.5. The second kappa shape index (κ2) is 8.59. The Kier molecular flexibility index (Phi) is 7.09. The Hall–Kier alpha value is -1.55. The quantitative estimate of drug-likeness (QED) is 0.557. The van der Waals surface area contributed by atoms with Crippen molar-refractivity contribution in [1.82, 2.24) is 4.90 Å². The first-order valence-corrected chi connectivity index (χ1v) is 7.32. The number of rotatable bonds is 9. The molecule has 1 aromatic carbocycles. The molecule has 1 rings (SSSR count). The second-order valence-electron chi connectivity index (χ2n) is 5.02. The van der Waals surface area contributed by atoms with Crippen LogP contribution in [0.4, 0.5) is 5.69 Å². The van der Waals surface area contributed by atoms with Gasteiger partial charge in [0.05, 0.1) is 12.3 Å². The van der Waals surface area contributed by atoms with Crippen LogP contribution in [0.5, 0.6) is 5.75 Å². The lowest BCUT2D eigenvalue weighted by molar-refractivity contribution is 0.0969. The van der Waals surface area contributed by atoms with Gasteiger partial charge in [-0.25, -0.2) is 0 Å². The van der Waals surface area contributed by atoms with E-state index in [0.29, 0.717) is 30.0 Å². The summed E-state index contributed by atoms with van der Waals surface area (Å²) < 4.78 is 5.37. The van der Waals surface area contributed by atoms with Crippen molar-refractivity contribution in [3.63, 3.8) is 0 Å². The van der Waals surface area contributed by atoms with E-state index in [1.807, 2.05) is 6.92 Å². The molecule has 4 heteroatoms. The number of ether oxygens (including phenoxy) is 1. The third-order valence-corrected chi connectivity index (χ3v) is 3.25. The fourth-order valence-electron chi connectivity index (χ4n) is 1.99. The molecule has 20 heavy (non-hydrogen) atoms. The summed E-state index contributed by atoms with van der Waals surface area (Å²) in [6, 6.07) is 5.27. The zero-order valence-electron chi connectivity index (χ0n) is 12.8. The molecule has 0 amide bonds. The summed E-state index contributed by atoms with van der Waals surface area (Å²) in [7, 11) is 2.05. The number of nitrogens with two attached hydrogens (primary N) is 1. The molecule has 0 aliphatic carbocycles. The molecule has 0 bridgehead atoms. The maximum Gasteiger partial charge on any atom is 0.164 e. The predicted molar refractivity (Wildman–Crippen MR) is 83.4 cm³/mol. The zero-order chi connectivity index (χ0) is 15.0. The van der Waals surface area contributed by atoms with Crippen LogP contribution in [0.2, 0.25) is 0 Å². The first-order chi connectivity index (χ1) is 9.58.